The van der Waals surface area contributed by atoms with Crippen molar-refractivity contribution in [3.63, 3.8) is 0 Å². The molecular formula is C12H15NO. The monoisotopic (exact) mass is 189 g/mol. The molecule has 2 aromatic rings. The van der Waals surface area contributed by atoms with Crippen LogP contribution < -0.4 is 5.73 Å². The second kappa shape index (κ2) is 3.46. The van der Waals surface area contributed by atoms with Crippen molar-refractivity contribution in [3.05, 3.63) is 35.6 Å². The number of hydrogen-bond donors (Lipinski definition) is 1. The molecule has 74 valence electrons. The van der Waals surface area contributed by atoms with Gasteiger partial charge in [0.1, 0.15) is 11.3 Å². The summed E-state index contributed by atoms with van der Waals surface area (Å²) in [7, 11) is 0. The van der Waals surface area contributed by atoms with Crippen molar-refractivity contribution >= 4 is 11.0 Å². The highest BCUT2D eigenvalue weighted by Gasteiger charge is 2.06. The predicted octanol–water partition coefficient (Wildman–Crippen LogP) is 2.63. The molecule has 0 saturated heterocycles. The van der Waals surface area contributed by atoms with Gasteiger partial charge in [-0.05, 0) is 25.5 Å². The SMILES string of the molecule is Cc1cccc2cc(CC(C)N)oc12. The lowest BCUT2D eigenvalue weighted by Crippen LogP contribution is -2.17. The van der Waals surface area contributed by atoms with Crippen molar-refractivity contribution in [1.29, 1.82) is 0 Å². The van der Waals surface area contributed by atoms with Crippen LogP contribution in [0.2, 0.25) is 0 Å². The molecule has 1 unspecified atom stereocenters. The molecule has 2 heteroatoms. The Morgan fingerprint density at radius 1 is 1.43 bits per heavy atom. The first kappa shape index (κ1) is 9.28. The summed E-state index contributed by atoms with van der Waals surface area (Å²) in [6.45, 7) is 4.04. The van der Waals surface area contributed by atoms with Gasteiger partial charge in [-0.15, -0.1) is 0 Å². The molecule has 14 heavy (non-hydrogen) atoms. The molecule has 2 N–H and O–H groups in total. The van der Waals surface area contributed by atoms with Gasteiger partial charge in [0.25, 0.3) is 0 Å². The molecule has 0 bridgehead atoms. The fraction of sp³-hybridized carbons (Fsp3) is 0.333. The van der Waals surface area contributed by atoms with E-state index in [-0.39, 0.29) is 6.04 Å². The zero-order valence-electron chi connectivity index (χ0n) is 8.58. The van der Waals surface area contributed by atoms with Gasteiger partial charge in [0.15, 0.2) is 0 Å². The fourth-order valence-corrected chi connectivity index (χ4v) is 1.68. The molecule has 0 fully saturated rings. The topological polar surface area (TPSA) is 39.2 Å². The zero-order valence-corrected chi connectivity index (χ0v) is 8.58. The molecule has 2 rings (SSSR count). The molecule has 0 aliphatic carbocycles. The third kappa shape index (κ3) is 1.66. The summed E-state index contributed by atoms with van der Waals surface area (Å²) in [5, 5.41) is 1.17. The normalized spacial score (nSPS) is 13.4. The zero-order chi connectivity index (χ0) is 10.1. The highest BCUT2D eigenvalue weighted by molar-refractivity contribution is 5.80. The lowest BCUT2D eigenvalue weighted by atomic mass is 10.1. The number of rotatable bonds is 2. The van der Waals surface area contributed by atoms with Gasteiger partial charge in [0, 0.05) is 17.8 Å². The van der Waals surface area contributed by atoms with Crippen LogP contribution in [-0.2, 0) is 6.42 Å². The lowest BCUT2D eigenvalue weighted by Gasteiger charge is -1.99. The number of para-hydroxylation sites is 1. The van der Waals surface area contributed by atoms with Crippen LogP contribution in [0.25, 0.3) is 11.0 Å². The summed E-state index contributed by atoms with van der Waals surface area (Å²) in [5.41, 5.74) is 7.89. The average Bonchev–Trinajstić information content (AvgIpc) is 2.47. The Morgan fingerprint density at radius 3 is 2.86 bits per heavy atom. The number of benzene rings is 1. The lowest BCUT2D eigenvalue weighted by molar-refractivity contribution is 0.524. The smallest absolute Gasteiger partial charge is 0.137 e. The molecular weight excluding hydrogens is 174 g/mol. The van der Waals surface area contributed by atoms with E-state index in [1.165, 1.54) is 10.9 Å². The minimum atomic E-state index is 0.149. The quantitative estimate of drug-likeness (QED) is 0.788. The summed E-state index contributed by atoms with van der Waals surface area (Å²) in [5.74, 6) is 0.976. The van der Waals surface area contributed by atoms with Crippen molar-refractivity contribution in [2.75, 3.05) is 0 Å². The molecule has 0 aliphatic rings. The Kier molecular flexibility index (Phi) is 2.30. The van der Waals surface area contributed by atoms with Crippen LogP contribution in [0.4, 0.5) is 0 Å². The summed E-state index contributed by atoms with van der Waals surface area (Å²) >= 11 is 0. The Balaban J connectivity index is 2.46. The van der Waals surface area contributed by atoms with Gasteiger partial charge < -0.3 is 10.2 Å². The van der Waals surface area contributed by atoms with Crippen molar-refractivity contribution in [1.82, 2.24) is 0 Å². The molecule has 0 aliphatic heterocycles. The molecule has 2 nitrogen and oxygen atoms in total. The second-order valence-electron chi connectivity index (χ2n) is 3.89. The van der Waals surface area contributed by atoms with E-state index < -0.39 is 0 Å². The Hall–Kier alpha value is -1.28. The first-order valence-electron chi connectivity index (χ1n) is 4.90. The number of furan rings is 1. The Labute approximate surface area is 83.7 Å². The van der Waals surface area contributed by atoms with Crippen LogP contribution in [0.3, 0.4) is 0 Å². The van der Waals surface area contributed by atoms with Crippen LogP contribution in [0.1, 0.15) is 18.2 Å². The largest absolute Gasteiger partial charge is 0.461 e. The minimum Gasteiger partial charge on any atom is -0.461 e. The highest BCUT2D eigenvalue weighted by Crippen LogP contribution is 2.22. The van der Waals surface area contributed by atoms with Crippen molar-refractivity contribution in [2.45, 2.75) is 26.3 Å². The molecule has 0 spiro atoms. The molecule has 0 saturated carbocycles. The molecule has 0 amide bonds. The van der Waals surface area contributed by atoms with Crippen molar-refractivity contribution < 1.29 is 4.42 Å². The maximum Gasteiger partial charge on any atom is 0.137 e. The third-order valence-electron chi connectivity index (χ3n) is 2.32. The van der Waals surface area contributed by atoms with Crippen LogP contribution in [0, 0.1) is 6.92 Å². The summed E-state index contributed by atoms with van der Waals surface area (Å²) in [6.07, 6.45) is 0.800. The first-order valence-corrected chi connectivity index (χ1v) is 4.90. The second-order valence-corrected chi connectivity index (χ2v) is 3.89. The standard InChI is InChI=1S/C12H15NO/c1-8-4-3-5-10-7-11(6-9(2)13)14-12(8)10/h3-5,7,9H,6,13H2,1-2H3. The Bertz CT molecular complexity index is 443. The molecule has 1 aromatic heterocycles. The Morgan fingerprint density at radius 2 is 2.21 bits per heavy atom. The third-order valence-corrected chi connectivity index (χ3v) is 2.32. The van der Waals surface area contributed by atoms with Crippen molar-refractivity contribution in [3.8, 4) is 0 Å². The van der Waals surface area contributed by atoms with E-state index in [9.17, 15) is 0 Å². The molecule has 1 atom stereocenters. The van der Waals surface area contributed by atoms with Gasteiger partial charge in [0.05, 0.1) is 0 Å². The highest BCUT2D eigenvalue weighted by atomic mass is 16.3. The molecule has 0 radical (unpaired) electrons. The number of fused-ring (bicyclic) bond motifs is 1. The average molecular weight is 189 g/mol. The minimum absolute atomic E-state index is 0.149. The van der Waals surface area contributed by atoms with Crippen LogP contribution in [-0.4, -0.2) is 6.04 Å². The van der Waals surface area contributed by atoms with E-state index in [4.69, 9.17) is 10.2 Å². The van der Waals surface area contributed by atoms with E-state index in [1.54, 1.807) is 0 Å². The number of aryl methyl sites for hydroxylation is 1. The summed E-state index contributed by atoms with van der Waals surface area (Å²) < 4.78 is 5.73. The van der Waals surface area contributed by atoms with E-state index in [2.05, 4.69) is 25.1 Å². The fourth-order valence-electron chi connectivity index (χ4n) is 1.68. The van der Waals surface area contributed by atoms with Crippen LogP contribution in [0.15, 0.2) is 28.7 Å². The van der Waals surface area contributed by atoms with E-state index >= 15 is 0 Å². The van der Waals surface area contributed by atoms with E-state index in [0.29, 0.717) is 0 Å². The van der Waals surface area contributed by atoms with Crippen LogP contribution >= 0.6 is 0 Å². The van der Waals surface area contributed by atoms with Gasteiger partial charge in [-0.3, -0.25) is 0 Å². The molecule has 1 aromatic carbocycles. The van der Waals surface area contributed by atoms with Gasteiger partial charge in [-0.2, -0.15) is 0 Å². The number of hydrogen-bond acceptors (Lipinski definition) is 2. The molecule has 1 heterocycles. The van der Waals surface area contributed by atoms with Gasteiger partial charge in [0.2, 0.25) is 0 Å². The maximum absolute atomic E-state index is 5.73. The summed E-state index contributed by atoms with van der Waals surface area (Å²) in [6, 6.07) is 8.39. The van der Waals surface area contributed by atoms with E-state index in [0.717, 1.165) is 17.8 Å². The van der Waals surface area contributed by atoms with Gasteiger partial charge >= 0.3 is 0 Å². The predicted molar refractivity (Wildman–Crippen MR) is 58.3 cm³/mol. The van der Waals surface area contributed by atoms with Gasteiger partial charge in [-0.1, -0.05) is 18.2 Å². The van der Waals surface area contributed by atoms with Crippen molar-refractivity contribution in [2.24, 2.45) is 5.73 Å². The van der Waals surface area contributed by atoms with E-state index in [1.807, 2.05) is 13.0 Å². The first-order chi connectivity index (χ1) is 6.66. The number of nitrogens with two attached hydrogens (primary N) is 1. The summed E-state index contributed by atoms with van der Waals surface area (Å²) in [4.78, 5) is 0. The van der Waals surface area contributed by atoms with Gasteiger partial charge in [-0.25, -0.2) is 0 Å². The van der Waals surface area contributed by atoms with Crippen LogP contribution in [0.5, 0.6) is 0 Å². The maximum atomic E-state index is 5.73.